The zero-order valence-electron chi connectivity index (χ0n) is 21.3. The van der Waals surface area contributed by atoms with E-state index in [9.17, 15) is 26.4 Å². The zero-order valence-corrected chi connectivity index (χ0v) is 23.0. The molecule has 0 bridgehead atoms. The molecule has 1 aliphatic heterocycles. The minimum Gasteiger partial charge on any atom is -0.370 e. The number of carbonyl (C=O) groups excluding carboxylic acids is 1. The third-order valence-electron chi connectivity index (χ3n) is 7.02. The van der Waals surface area contributed by atoms with Crippen molar-refractivity contribution in [2.75, 3.05) is 29.5 Å². The summed E-state index contributed by atoms with van der Waals surface area (Å²) < 4.78 is 81.0. The highest BCUT2D eigenvalue weighted by atomic mass is 32.2. The standard InChI is InChI=1S/C26H26F4N4O4S2/c1-32(19-9-10-33(14-19)13-17-5-3-2-4-6-17)22-12-21(27)23(11-20(22)18-7-8-18)40(36,37)34(24-15-39-16-31-24)38-25(35)26(28,29)30/h2-6,11-12,15-16,18-19H,7-10,13-14H2,1H3/t19-/m0/s1. The molecule has 5 rings (SSSR count). The normalized spacial score (nSPS) is 18.1. The third kappa shape index (κ3) is 5.93. The van der Waals surface area contributed by atoms with E-state index in [1.54, 1.807) is 0 Å². The molecule has 0 spiro atoms. The van der Waals surface area contributed by atoms with E-state index in [2.05, 4.69) is 26.9 Å². The van der Waals surface area contributed by atoms with Crippen LogP contribution in [0.3, 0.4) is 0 Å². The summed E-state index contributed by atoms with van der Waals surface area (Å²) in [7, 11) is -3.28. The number of carbonyl (C=O) groups is 1. The maximum atomic E-state index is 15.6. The Hall–Kier alpha value is -3.23. The van der Waals surface area contributed by atoms with E-state index in [1.807, 2.05) is 30.1 Å². The van der Waals surface area contributed by atoms with Crippen LogP contribution in [0.15, 0.2) is 58.3 Å². The second-order valence-electron chi connectivity index (χ2n) is 9.85. The molecule has 1 saturated heterocycles. The number of likely N-dealkylation sites (N-methyl/N-ethyl adjacent to an activating group) is 1. The van der Waals surface area contributed by atoms with Crippen molar-refractivity contribution in [2.24, 2.45) is 0 Å². The van der Waals surface area contributed by atoms with Gasteiger partial charge in [-0.3, -0.25) is 4.90 Å². The number of hydrogen-bond acceptors (Lipinski definition) is 8. The smallest absolute Gasteiger partial charge is 0.370 e. The van der Waals surface area contributed by atoms with Crippen molar-refractivity contribution in [2.45, 2.75) is 48.8 Å². The number of benzene rings is 2. The quantitative estimate of drug-likeness (QED) is 0.251. The molecule has 1 aromatic heterocycles. The Labute approximate surface area is 232 Å². The minimum absolute atomic E-state index is 0.0285. The lowest BCUT2D eigenvalue weighted by molar-refractivity contribution is -0.199. The van der Waals surface area contributed by atoms with Crippen LogP contribution in [-0.2, 0) is 26.2 Å². The van der Waals surface area contributed by atoms with Gasteiger partial charge >= 0.3 is 12.1 Å². The first kappa shape index (κ1) is 28.3. The van der Waals surface area contributed by atoms with Crippen molar-refractivity contribution in [1.82, 2.24) is 9.88 Å². The Bertz CT molecular complexity index is 1470. The minimum atomic E-state index is -5.48. The first-order valence-corrected chi connectivity index (χ1v) is 14.9. The highest BCUT2D eigenvalue weighted by Crippen LogP contribution is 2.46. The van der Waals surface area contributed by atoms with Gasteiger partial charge in [-0.1, -0.05) is 34.8 Å². The third-order valence-corrected chi connectivity index (χ3v) is 9.16. The number of halogens is 4. The van der Waals surface area contributed by atoms with Crippen LogP contribution < -0.4 is 9.37 Å². The molecule has 2 aliphatic rings. The number of nitrogens with zero attached hydrogens (tertiary/aromatic N) is 4. The summed E-state index contributed by atoms with van der Waals surface area (Å²) >= 11 is 0.863. The highest BCUT2D eigenvalue weighted by Gasteiger charge is 2.46. The monoisotopic (exact) mass is 598 g/mol. The van der Waals surface area contributed by atoms with Gasteiger partial charge in [0.05, 0.1) is 5.51 Å². The van der Waals surface area contributed by atoms with E-state index in [4.69, 9.17) is 0 Å². The fourth-order valence-electron chi connectivity index (χ4n) is 4.82. The highest BCUT2D eigenvalue weighted by molar-refractivity contribution is 7.92. The summed E-state index contributed by atoms with van der Waals surface area (Å²) in [6, 6.07) is 12.3. The number of alkyl halides is 3. The van der Waals surface area contributed by atoms with Gasteiger partial charge in [-0.05, 0) is 48.4 Å². The molecule has 0 unspecified atom stereocenters. The lowest BCUT2D eigenvalue weighted by Crippen LogP contribution is -2.39. The van der Waals surface area contributed by atoms with Gasteiger partial charge in [-0.15, -0.1) is 11.3 Å². The first-order valence-electron chi connectivity index (χ1n) is 12.5. The van der Waals surface area contributed by atoms with Gasteiger partial charge in [0.1, 0.15) is 10.7 Å². The van der Waals surface area contributed by atoms with Gasteiger partial charge < -0.3 is 9.74 Å². The summed E-state index contributed by atoms with van der Waals surface area (Å²) in [5.74, 6) is -4.57. The largest absolute Gasteiger partial charge is 0.493 e. The van der Waals surface area contributed by atoms with E-state index in [-0.39, 0.29) is 16.4 Å². The Morgan fingerprint density at radius 3 is 2.52 bits per heavy atom. The molecule has 40 heavy (non-hydrogen) atoms. The molecule has 0 N–H and O–H groups in total. The maximum absolute atomic E-state index is 15.6. The van der Waals surface area contributed by atoms with Gasteiger partial charge in [0.25, 0.3) is 10.0 Å². The molecule has 14 heteroatoms. The lowest BCUT2D eigenvalue weighted by atomic mass is 10.1. The Balaban J connectivity index is 1.44. The van der Waals surface area contributed by atoms with Crippen LogP contribution in [-0.4, -0.2) is 56.6 Å². The predicted molar refractivity (Wildman–Crippen MR) is 141 cm³/mol. The molecule has 2 heterocycles. The van der Waals surface area contributed by atoms with Crippen LogP contribution in [0.1, 0.15) is 36.3 Å². The molecule has 1 saturated carbocycles. The maximum Gasteiger partial charge on any atom is 0.493 e. The van der Waals surface area contributed by atoms with Crippen LogP contribution in [0.4, 0.5) is 29.1 Å². The molecule has 2 aromatic carbocycles. The topological polar surface area (TPSA) is 83.1 Å². The molecule has 0 radical (unpaired) electrons. The molecular weight excluding hydrogens is 572 g/mol. The SMILES string of the molecule is CN(c1cc(F)c(S(=O)(=O)N(OC(=O)C(F)(F)F)c2cscn2)cc1C1CC1)[C@H]1CCN(Cc2ccccc2)C1. The van der Waals surface area contributed by atoms with Gasteiger partial charge in [0, 0.05) is 43.8 Å². The van der Waals surface area contributed by atoms with E-state index in [0.29, 0.717) is 11.3 Å². The number of thiazole rings is 1. The van der Waals surface area contributed by atoms with Crippen molar-refractivity contribution in [1.29, 1.82) is 0 Å². The summed E-state index contributed by atoms with van der Waals surface area (Å²) in [6.07, 6.45) is -3.14. The van der Waals surface area contributed by atoms with E-state index in [1.165, 1.54) is 5.56 Å². The van der Waals surface area contributed by atoms with Gasteiger partial charge in [-0.25, -0.2) is 14.2 Å². The predicted octanol–water partition coefficient (Wildman–Crippen LogP) is 5.09. The van der Waals surface area contributed by atoms with E-state index < -0.39 is 38.7 Å². The van der Waals surface area contributed by atoms with Crippen molar-refractivity contribution in [3.8, 4) is 0 Å². The number of hydrogen-bond donors (Lipinski definition) is 0. The van der Waals surface area contributed by atoms with Crippen molar-refractivity contribution >= 4 is 38.8 Å². The lowest BCUT2D eigenvalue weighted by Gasteiger charge is -2.30. The Morgan fingerprint density at radius 2 is 1.90 bits per heavy atom. The molecule has 1 atom stereocenters. The molecular formula is C26H26F4N4O4S2. The zero-order chi connectivity index (χ0) is 28.7. The van der Waals surface area contributed by atoms with Crippen LogP contribution in [0, 0.1) is 5.82 Å². The Kier molecular flexibility index (Phi) is 7.77. The summed E-state index contributed by atoms with van der Waals surface area (Å²) in [6.45, 7) is 2.34. The molecule has 3 aromatic rings. The fraction of sp³-hybridized carbons (Fsp3) is 0.385. The number of anilines is 2. The van der Waals surface area contributed by atoms with Crippen molar-refractivity contribution in [3.05, 3.63) is 70.3 Å². The molecule has 1 aliphatic carbocycles. The van der Waals surface area contributed by atoms with Crippen LogP contribution in [0.25, 0.3) is 0 Å². The van der Waals surface area contributed by atoms with Crippen LogP contribution >= 0.6 is 11.3 Å². The van der Waals surface area contributed by atoms with E-state index >= 15 is 4.39 Å². The van der Waals surface area contributed by atoms with Crippen LogP contribution in [0.2, 0.25) is 0 Å². The average Bonchev–Trinajstić information content (AvgIpc) is 3.40. The second kappa shape index (κ2) is 11.0. The number of aromatic nitrogens is 1. The van der Waals surface area contributed by atoms with Gasteiger partial charge in [0.2, 0.25) is 0 Å². The fourth-order valence-corrected chi connectivity index (χ4v) is 6.67. The number of likely N-dealkylation sites (tertiary alicyclic amines) is 1. The van der Waals surface area contributed by atoms with Crippen LogP contribution in [0.5, 0.6) is 0 Å². The van der Waals surface area contributed by atoms with Gasteiger partial charge in [-0.2, -0.15) is 21.6 Å². The molecule has 2 fully saturated rings. The van der Waals surface area contributed by atoms with Crippen molar-refractivity contribution < 1.29 is 35.6 Å². The first-order chi connectivity index (χ1) is 18.9. The number of sulfonamides is 1. The summed E-state index contributed by atoms with van der Waals surface area (Å²) in [5.41, 5.74) is 3.43. The molecule has 8 nitrogen and oxygen atoms in total. The number of rotatable bonds is 9. The summed E-state index contributed by atoms with van der Waals surface area (Å²) in [4.78, 5) is 22.8. The molecule has 0 amide bonds. The summed E-state index contributed by atoms with van der Waals surface area (Å²) in [5, 5.41) is 1.07. The van der Waals surface area contributed by atoms with Crippen molar-refractivity contribution in [3.63, 3.8) is 0 Å². The second-order valence-corrected chi connectivity index (χ2v) is 12.3. The Morgan fingerprint density at radius 1 is 1.18 bits per heavy atom. The average molecular weight is 599 g/mol. The van der Waals surface area contributed by atoms with Gasteiger partial charge in [0.15, 0.2) is 5.82 Å². The molecule has 214 valence electrons. The van der Waals surface area contributed by atoms with E-state index in [0.717, 1.165) is 73.3 Å².